The number of nitrogens with zero attached hydrogens (tertiary/aromatic N) is 2. The van der Waals surface area contributed by atoms with Gasteiger partial charge in [0, 0.05) is 32.7 Å². The average Bonchev–Trinajstić information content (AvgIpc) is 2.63. The van der Waals surface area contributed by atoms with Crippen LogP contribution >= 0.6 is 0 Å². The molecule has 1 fully saturated rings. The average molecular weight is 277 g/mol. The number of sulfonamides is 1. The first kappa shape index (κ1) is 15.9. The van der Waals surface area contributed by atoms with Gasteiger partial charge in [-0.2, -0.15) is 0 Å². The molecule has 6 heteroatoms. The molecular formula is C12H27N3O2S. The van der Waals surface area contributed by atoms with Crippen molar-refractivity contribution in [3.05, 3.63) is 0 Å². The fourth-order valence-corrected chi connectivity index (χ4v) is 3.41. The summed E-state index contributed by atoms with van der Waals surface area (Å²) in [6, 6.07) is 0.328. The minimum Gasteiger partial charge on any atom is -0.313 e. The van der Waals surface area contributed by atoms with E-state index in [0.29, 0.717) is 25.0 Å². The van der Waals surface area contributed by atoms with Crippen LogP contribution in [0.4, 0.5) is 0 Å². The molecule has 1 saturated heterocycles. The van der Waals surface area contributed by atoms with Crippen molar-refractivity contribution in [3.63, 3.8) is 0 Å². The van der Waals surface area contributed by atoms with E-state index in [0.717, 1.165) is 19.5 Å². The zero-order valence-electron chi connectivity index (χ0n) is 12.0. The third-order valence-electron chi connectivity index (χ3n) is 3.39. The lowest BCUT2D eigenvalue weighted by atomic mass is 10.1. The summed E-state index contributed by atoms with van der Waals surface area (Å²) in [6.07, 6.45) is 1.10. The molecule has 0 bridgehead atoms. The molecule has 0 aromatic rings. The van der Waals surface area contributed by atoms with Crippen LogP contribution in [0.2, 0.25) is 0 Å². The lowest BCUT2D eigenvalue weighted by Gasteiger charge is -2.21. The molecule has 1 atom stereocenters. The van der Waals surface area contributed by atoms with Crippen molar-refractivity contribution in [2.75, 3.05) is 46.0 Å². The van der Waals surface area contributed by atoms with E-state index in [9.17, 15) is 8.42 Å². The Labute approximate surface area is 112 Å². The summed E-state index contributed by atoms with van der Waals surface area (Å²) >= 11 is 0. The number of rotatable bonds is 7. The zero-order chi connectivity index (χ0) is 13.8. The van der Waals surface area contributed by atoms with Crippen LogP contribution in [0.5, 0.6) is 0 Å². The first-order valence-corrected chi connectivity index (χ1v) is 8.28. The van der Waals surface area contributed by atoms with Crippen molar-refractivity contribution in [2.45, 2.75) is 26.3 Å². The third-order valence-corrected chi connectivity index (χ3v) is 5.21. The van der Waals surface area contributed by atoms with Gasteiger partial charge in [-0.05, 0) is 25.9 Å². The van der Waals surface area contributed by atoms with Gasteiger partial charge in [0.15, 0.2) is 0 Å². The van der Waals surface area contributed by atoms with Crippen molar-refractivity contribution >= 4 is 10.0 Å². The zero-order valence-corrected chi connectivity index (χ0v) is 12.8. The Morgan fingerprint density at radius 2 is 2.11 bits per heavy atom. The Morgan fingerprint density at radius 1 is 1.44 bits per heavy atom. The molecule has 18 heavy (non-hydrogen) atoms. The van der Waals surface area contributed by atoms with Crippen molar-refractivity contribution in [1.29, 1.82) is 0 Å². The van der Waals surface area contributed by atoms with Gasteiger partial charge in [-0.25, -0.2) is 12.7 Å². The molecule has 1 unspecified atom stereocenters. The maximum absolute atomic E-state index is 12.1. The van der Waals surface area contributed by atoms with E-state index in [1.807, 2.05) is 13.8 Å². The molecule has 1 heterocycles. The molecule has 1 aliphatic rings. The molecular weight excluding hydrogens is 250 g/mol. The highest BCUT2D eigenvalue weighted by atomic mass is 32.2. The minimum atomic E-state index is -3.11. The second kappa shape index (κ2) is 6.84. The van der Waals surface area contributed by atoms with Crippen LogP contribution in [0.1, 0.15) is 20.3 Å². The van der Waals surface area contributed by atoms with Crippen molar-refractivity contribution < 1.29 is 8.42 Å². The molecule has 0 aromatic heterocycles. The second-order valence-corrected chi connectivity index (χ2v) is 7.82. The first-order chi connectivity index (χ1) is 8.31. The topological polar surface area (TPSA) is 52.7 Å². The maximum atomic E-state index is 12.1. The molecule has 0 spiro atoms. The molecule has 0 saturated carbocycles. The van der Waals surface area contributed by atoms with Crippen LogP contribution in [0.25, 0.3) is 0 Å². The number of hydrogen-bond donors (Lipinski definition) is 1. The lowest BCUT2D eigenvalue weighted by molar-refractivity contribution is 0.356. The highest BCUT2D eigenvalue weighted by molar-refractivity contribution is 7.89. The molecule has 108 valence electrons. The Kier molecular flexibility index (Phi) is 6.04. The van der Waals surface area contributed by atoms with Crippen LogP contribution in [-0.2, 0) is 10.0 Å². The van der Waals surface area contributed by atoms with E-state index in [-0.39, 0.29) is 5.75 Å². The maximum Gasteiger partial charge on any atom is 0.215 e. The lowest BCUT2D eigenvalue weighted by Crippen LogP contribution is -2.38. The van der Waals surface area contributed by atoms with Gasteiger partial charge in [0.05, 0.1) is 5.75 Å². The highest BCUT2D eigenvalue weighted by Crippen LogP contribution is 2.16. The summed E-state index contributed by atoms with van der Waals surface area (Å²) in [5, 5.41) is 3.14. The SMILES string of the molecule is CC(C)NCCS(=O)(=O)N(C)CC1CCN(C)C1. The van der Waals surface area contributed by atoms with E-state index in [4.69, 9.17) is 0 Å². The smallest absolute Gasteiger partial charge is 0.215 e. The van der Waals surface area contributed by atoms with Crippen molar-refractivity contribution in [3.8, 4) is 0 Å². The fraction of sp³-hybridized carbons (Fsp3) is 1.00. The number of likely N-dealkylation sites (tertiary alicyclic amines) is 1. The predicted molar refractivity (Wildman–Crippen MR) is 75.2 cm³/mol. The van der Waals surface area contributed by atoms with Crippen molar-refractivity contribution in [2.24, 2.45) is 5.92 Å². The van der Waals surface area contributed by atoms with Crippen LogP contribution in [0, 0.1) is 5.92 Å². The molecule has 0 radical (unpaired) electrons. The van der Waals surface area contributed by atoms with Crippen LogP contribution in [0.3, 0.4) is 0 Å². The van der Waals surface area contributed by atoms with Gasteiger partial charge in [0.1, 0.15) is 0 Å². The summed E-state index contributed by atoms with van der Waals surface area (Å²) in [5.41, 5.74) is 0. The van der Waals surface area contributed by atoms with E-state index in [2.05, 4.69) is 17.3 Å². The van der Waals surface area contributed by atoms with Crippen LogP contribution in [0.15, 0.2) is 0 Å². The van der Waals surface area contributed by atoms with Gasteiger partial charge >= 0.3 is 0 Å². The Bertz CT molecular complexity index is 343. The van der Waals surface area contributed by atoms with E-state index < -0.39 is 10.0 Å². The normalized spacial score (nSPS) is 22.2. The third kappa shape index (κ3) is 5.22. The monoisotopic (exact) mass is 277 g/mol. The van der Waals surface area contributed by atoms with Crippen molar-refractivity contribution in [1.82, 2.24) is 14.5 Å². The number of hydrogen-bond acceptors (Lipinski definition) is 4. The molecule has 1 N–H and O–H groups in total. The predicted octanol–water partition coefficient (Wildman–Crippen LogP) is 0.198. The molecule has 1 rings (SSSR count). The minimum absolute atomic E-state index is 0.185. The van der Waals surface area contributed by atoms with Gasteiger partial charge < -0.3 is 10.2 Å². The Morgan fingerprint density at radius 3 is 2.61 bits per heavy atom. The van der Waals surface area contributed by atoms with Gasteiger partial charge in [-0.3, -0.25) is 0 Å². The summed E-state index contributed by atoms with van der Waals surface area (Å²) in [6.45, 7) is 7.29. The molecule has 0 amide bonds. The number of nitrogens with one attached hydrogen (secondary N) is 1. The highest BCUT2D eigenvalue weighted by Gasteiger charge is 2.25. The molecule has 5 nitrogen and oxygen atoms in total. The summed E-state index contributed by atoms with van der Waals surface area (Å²) in [7, 11) is 0.673. The summed E-state index contributed by atoms with van der Waals surface area (Å²) < 4.78 is 25.6. The van der Waals surface area contributed by atoms with E-state index >= 15 is 0 Å². The van der Waals surface area contributed by atoms with Crippen LogP contribution in [-0.4, -0.2) is 69.7 Å². The van der Waals surface area contributed by atoms with Gasteiger partial charge in [0.25, 0.3) is 0 Å². The molecule has 1 aliphatic heterocycles. The Hall–Kier alpha value is -0.170. The summed E-state index contributed by atoms with van der Waals surface area (Å²) in [5.74, 6) is 0.664. The fourth-order valence-electron chi connectivity index (χ4n) is 2.28. The van der Waals surface area contributed by atoms with Gasteiger partial charge in [-0.1, -0.05) is 13.8 Å². The van der Waals surface area contributed by atoms with E-state index in [1.54, 1.807) is 7.05 Å². The summed E-state index contributed by atoms with van der Waals surface area (Å²) in [4.78, 5) is 2.26. The molecule has 0 aliphatic carbocycles. The first-order valence-electron chi connectivity index (χ1n) is 6.67. The van der Waals surface area contributed by atoms with Crippen LogP contribution < -0.4 is 5.32 Å². The second-order valence-electron chi connectivity index (χ2n) is 5.62. The largest absolute Gasteiger partial charge is 0.313 e. The van der Waals surface area contributed by atoms with Gasteiger partial charge in [-0.15, -0.1) is 0 Å². The molecule has 0 aromatic carbocycles. The standard InChI is InChI=1S/C12H27N3O2S/c1-11(2)13-6-8-18(16,17)15(4)10-12-5-7-14(3)9-12/h11-13H,5-10H2,1-4H3. The van der Waals surface area contributed by atoms with E-state index in [1.165, 1.54) is 4.31 Å². The quantitative estimate of drug-likeness (QED) is 0.722. The Balaban J connectivity index is 2.36. The van der Waals surface area contributed by atoms with Gasteiger partial charge in [0.2, 0.25) is 10.0 Å².